The molecule has 0 aliphatic heterocycles. The fraction of sp³-hybridized carbons (Fsp3) is 0.286. The molecule has 0 spiro atoms. The molecular weight excluding hydrogens is 242 g/mol. The molecule has 5 nitrogen and oxygen atoms in total. The third-order valence-electron chi connectivity index (χ3n) is 2.96. The van der Waals surface area contributed by atoms with Gasteiger partial charge in [0, 0.05) is 36.6 Å². The van der Waals surface area contributed by atoms with Gasteiger partial charge in [0.1, 0.15) is 5.75 Å². The van der Waals surface area contributed by atoms with E-state index in [9.17, 15) is 9.90 Å². The summed E-state index contributed by atoms with van der Waals surface area (Å²) in [5.41, 5.74) is 1.12. The molecule has 0 unspecified atom stereocenters. The molecule has 100 valence electrons. The first-order valence-corrected chi connectivity index (χ1v) is 6.22. The molecule has 0 bridgehead atoms. The largest absolute Gasteiger partial charge is 0.508 e. The van der Waals surface area contributed by atoms with Gasteiger partial charge < -0.3 is 10.4 Å². The van der Waals surface area contributed by atoms with Crippen molar-refractivity contribution in [1.82, 2.24) is 15.1 Å². The Kier molecular flexibility index (Phi) is 4.18. The second kappa shape index (κ2) is 6.04. The second-order valence-electron chi connectivity index (χ2n) is 4.33. The van der Waals surface area contributed by atoms with E-state index in [4.69, 9.17) is 0 Å². The number of amides is 1. The third kappa shape index (κ3) is 3.34. The van der Waals surface area contributed by atoms with Crippen molar-refractivity contribution in [2.75, 3.05) is 6.54 Å². The van der Waals surface area contributed by atoms with Crippen molar-refractivity contribution in [3.8, 4) is 5.75 Å². The van der Waals surface area contributed by atoms with Crippen LogP contribution in [0.15, 0.2) is 36.7 Å². The van der Waals surface area contributed by atoms with Gasteiger partial charge in [-0.2, -0.15) is 5.10 Å². The molecule has 1 aromatic heterocycles. The molecule has 0 aliphatic carbocycles. The second-order valence-corrected chi connectivity index (χ2v) is 4.33. The van der Waals surface area contributed by atoms with Crippen LogP contribution in [0.1, 0.15) is 22.3 Å². The van der Waals surface area contributed by atoms with Crippen LogP contribution in [-0.4, -0.2) is 27.3 Å². The Labute approximate surface area is 111 Å². The van der Waals surface area contributed by atoms with Crippen LogP contribution >= 0.6 is 0 Å². The van der Waals surface area contributed by atoms with E-state index in [1.807, 2.05) is 16.9 Å². The standard InChI is InChI=1S/C14H17N3O2/c1-11-12(5-2-6-13(11)18)14(19)15-7-3-9-17-10-4-8-16-17/h2,4-6,8,10,18H,3,7,9H2,1H3,(H,15,19). The minimum atomic E-state index is -0.158. The van der Waals surface area contributed by atoms with Crippen molar-refractivity contribution >= 4 is 5.91 Å². The first-order valence-electron chi connectivity index (χ1n) is 6.22. The Morgan fingerprint density at radius 3 is 3.00 bits per heavy atom. The maximum absolute atomic E-state index is 11.9. The lowest BCUT2D eigenvalue weighted by Gasteiger charge is -2.08. The maximum Gasteiger partial charge on any atom is 0.251 e. The van der Waals surface area contributed by atoms with Gasteiger partial charge >= 0.3 is 0 Å². The van der Waals surface area contributed by atoms with E-state index in [2.05, 4.69) is 10.4 Å². The van der Waals surface area contributed by atoms with E-state index < -0.39 is 0 Å². The molecule has 1 aromatic carbocycles. The number of phenols is 1. The fourth-order valence-electron chi connectivity index (χ4n) is 1.84. The van der Waals surface area contributed by atoms with Crippen molar-refractivity contribution in [3.63, 3.8) is 0 Å². The molecule has 0 fully saturated rings. The molecule has 0 aliphatic rings. The van der Waals surface area contributed by atoms with Gasteiger partial charge in [0.25, 0.3) is 5.91 Å². The summed E-state index contributed by atoms with van der Waals surface area (Å²) in [5.74, 6) is -0.0157. The number of hydrogen-bond donors (Lipinski definition) is 2. The third-order valence-corrected chi connectivity index (χ3v) is 2.96. The molecule has 0 radical (unpaired) electrons. The van der Waals surface area contributed by atoms with E-state index in [1.54, 1.807) is 31.3 Å². The zero-order chi connectivity index (χ0) is 13.7. The van der Waals surface area contributed by atoms with Crippen LogP contribution in [0.5, 0.6) is 5.75 Å². The molecule has 19 heavy (non-hydrogen) atoms. The summed E-state index contributed by atoms with van der Waals surface area (Å²) >= 11 is 0. The van der Waals surface area contributed by atoms with Gasteiger partial charge in [-0.25, -0.2) is 0 Å². The summed E-state index contributed by atoms with van der Waals surface area (Å²) in [6.07, 6.45) is 4.43. The molecule has 0 atom stereocenters. The number of carbonyl (C=O) groups excluding carboxylic acids is 1. The van der Waals surface area contributed by atoms with Crippen molar-refractivity contribution in [2.24, 2.45) is 0 Å². The fourth-order valence-corrected chi connectivity index (χ4v) is 1.84. The highest BCUT2D eigenvalue weighted by molar-refractivity contribution is 5.96. The number of rotatable bonds is 5. The summed E-state index contributed by atoms with van der Waals surface area (Å²) in [6, 6.07) is 6.82. The van der Waals surface area contributed by atoms with Crippen LogP contribution < -0.4 is 5.32 Å². The van der Waals surface area contributed by atoms with Crippen LogP contribution in [-0.2, 0) is 6.54 Å². The van der Waals surface area contributed by atoms with E-state index in [-0.39, 0.29) is 11.7 Å². The average Bonchev–Trinajstić information content (AvgIpc) is 2.91. The van der Waals surface area contributed by atoms with Gasteiger partial charge in [-0.3, -0.25) is 9.48 Å². The van der Waals surface area contributed by atoms with Crippen LogP contribution in [0.2, 0.25) is 0 Å². The summed E-state index contributed by atoms with van der Waals surface area (Å²) in [4.78, 5) is 11.9. The van der Waals surface area contributed by atoms with Gasteiger partial charge in [-0.15, -0.1) is 0 Å². The monoisotopic (exact) mass is 259 g/mol. The number of hydrogen-bond acceptors (Lipinski definition) is 3. The lowest BCUT2D eigenvalue weighted by atomic mass is 10.1. The summed E-state index contributed by atoms with van der Waals surface area (Å²) in [5, 5.41) is 16.5. The molecule has 0 saturated heterocycles. The SMILES string of the molecule is Cc1c(O)cccc1C(=O)NCCCn1cccn1. The highest BCUT2D eigenvalue weighted by Gasteiger charge is 2.10. The summed E-state index contributed by atoms with van der Waals surface area (Å²) in [7, 11) is 0. The van der Waals surface area contributed by atoms with E-state index >= 15 is 0 Å². The molecule has 5 heteroatoms. The van der Waals surface area contributed by atoms with Gasteiger partial charge in [0.15, 0.2) is 0 Å². The van der Waals surface area contributed by atoms with Crippen LogP contribution in [0.25, 0.3) is 0 Å². The highest BCUT2D eigenvalue weighted by atomic mass is 16.3. The zero-order valence-electron chi connectivity index (χ0n) is 10.8. The van der Waals surface area contributed by atoms with Crippen molar-refractivity contribution in [2.45, 2.75) is 19.9 Å². The smallest absolute Gasteiger partial charge is 0.251 e. The van der Waals surface area contributed by atoms with Crippen molar-refractivity contribution in [3.05, 3.63) is 47.8 Å². The Morgan fingerprint density at radius 1 is 1.42 bits per heavy atom. The van der Waals surface area contributed by atoms with E-state index in [0.717, 1.165) is 13.0 Å². The summed E-state index contributed by atoms with van der Waals surface area (Å²) in [6.45, 7) is 3.08. The molecule has 2 N–H and O–H groups in total. The first kappa shape index (κ1) is 13.1. The van der Waals surface area contributed by atoms with E-state index in [1.165, 1.54) is 0 Å². The minimum Gasteiger partial charge on any atom is -0.508 e. The average molecular weight is 259 g/mol. The molecule has 0 saturated carbocycles. The number of aromatic nitrogens is 2. The van der Waals surface area contributed by atoms with Crippen molar-refractivity contribution < 1.29 is 9.90 Å². The lowest BCUT2D eigenvalue weighted by Crippen LogP contribution is -2.26. The molecule has 1 heterocycles. The first-order chi connectivity index (χ1) is 9.18. The van der Waals surface area contributed by atoms with Gasteiger partial charge in [-0.1, -0.05) is 6.07 Å². The zero-order valence-corrected chi connectivity index (χ0v) is 10.8. The minimum absolute atomic E-state index is 0.143. The highest BCUT2D eigenvalue weighted by Crippen LogP contribution is 2.19. The molecule has 1 amide bonds. The van der Waals surface area contributed by atoms with E-state index in [0.29, 0.717) is 17.7 Å². The number of nitrogens with one attached hydrogen (secondary N) is 1. The number of nitrogens with zero attached hydrogens (tertiary/aromatic N) is 2. The number of carbonyl (C=O) groups is 1. The topological polar surface area (TPSA) is 67.2 Å². The normalized spacial score (nSPS) is 10.4. The Bertz CT molecular complexity index is 550. The number of aryl methyl sites for hydroxylation is 1. The van der Waals surface area contributed by atoms with Gasteiger partial charge in [0.05, 0.1) is 0 Å². The Balaban J connectivity index is 1.83. The number of aromatic hydroxyl groups is 1. The van der Waals surface area contributed by atoms with Crippen molar-refractivity contribution in [1.29, 1.82) is 0 Å². The van der Waals surface area contributed by atoms with Crippen LogP contribution in [0, 0.1) is 6.92 Å². The predicted molar refractivity (Wildman–Crippen MR) is 72.0 cm³/mol. The lowest BCUT2D eigenvalue weighted by molar-refractivity contribution is 0.0951. The predicted octanol–water partition coefficient (Wildman–Crippen LogP) is 1.72. The Hall–Kier alpha value is -2.30. The van der Waals surface area contributed by atoms with Gasteiger partial charge in [0.2, 0.25) is 0 Å². The molecular formula is C14H17N3O2. The summed E-state index contributed by atoms with van der Waals surface area (Å²) < 4.78 is 1.83. The number of phenolic OH excluding ortho intramolecular Hbond substituents is 1. The number of benzene rings is 1. The maximum atomic E-state index is 11.9. The molecule has 2 rings (SSSR count). The van der Waals surface area contributed by atoms with Gasteiger partial charge in [-0.05, 0) is 31.5 Å². The van der Waals surface area contributed by atoms with Crippen LogP contribution in [0.4, 0.5) is 0 Å². The molecule has 2 aromatic rings. The Morgan fingerprint density at radius 2 is 2.26 bits per heavy atom. The quantitative estimate of drug-likeness (QED) is 0.803. The van der Waals surface area contributed by atoms with Crippen LogP contribution in [0.3, 0.4) is 0 Å².